The Hall–Kier alpha value is -2.37. The standard InChI is InChI=1S/C21H18N2OS2/c1-13-7-3-4-8-15(13)12-23-14(2)17(16-9-5-6-10-18(16)23)11-19-20(24)22-21(25)26-19/h3-11H,12H2,1-2H3,(H,22,24,25)/b19-11-. The largest absolute Gasteiger partial charge is 0.340 e. The van der Waals surface area contributed by atoms with Crippen molar-refractivity contribution in [3.05, 3.63) is 75.8 Å². The highest BCUT2D eigenvalue weighted by Crippen LogP contribution is 2.33. The van der Waals surface area contributed by atoms with Gasteiger partial charge in [0, 0.05) is 28.7 Å². The minimum absolute atomic E-state index is 0.116. The third kappa shape index (κ3) is 2.97. The molecule has 0 spiro atoms. The zero-order valence-corrected chi connectivity index (χ0v) is 16.2. The first-order chi connectivity index (χ1) is 12.5. The monoisotopic (exact) mass is 378 g/mol. The molecular formula is C21H18N2OS2. The molecule has 3 aromatic rings. The number of thioether (sulfide) groups is 1. The Morgan fingerprint density at radius 3 is 2.58 bits per heavy atom. The van der Waals surface area contributed by atoms with Crippen molar-refractivity contribution >= 4 is 51.2 Å². The molecule has 0 unspecified atom stereocenters. The number of para-hydroxylation sites is 1. The van der Waals surface area contributed by atoms with E-state index in [1.165, 1.54) is 28.4 Å². The number of carbonyl (C=O) groups excluding carboxylic acids is 1. The molecule has 3 nitrogen and oxygen atoms in total. The van der Waals surface area contributed by atoms with Gasteiger partial charge in [-0.1, -0.05) is 66.4 Å². The summed E-state index contributed by atoms with van der Waals surface area (Å²) in [6, 6.07) is 16.8. The van der Waals surface area contributed by atoms with Gasteiger partial charge < -0.3 is 9.88 Å². The first kappa shape index (κ1) is 17.1. The minimum Gasteiger partial charge on any atom is -0.340 e. The van der Waals surface area contributed by atoms with Crippen LogP contribution in [0, 0.1) is 13.8 Å². The van der Waals surface area contributed by atoms with Gasteiger partial charge in [-0.15, -0.1) is 0 Å². The second kappa shape index (κ2) is 6.74. The number of thiocarbonyl (C=S) groups is 1. The summed E-state index contributed by atoms with van der Waals surface area (Å²) >= 11 is 6.43. The summed E-state index contributed by atoms with van der Waals surface area (Å²) in [6.45, 7) is 5.06. The molecule has 1 fully saturated rings. The van der Waals surface area contributed by atoms with E-state index in [0.717, 1.165) is 23.2 Å². The highest BCUT2D eigenvalue weighted by Gasteiger charge is 2.23. The molecule has 5 heteroatoms. The van der Waals surface area contributed by atoms with E-state index >= 15 is 0 Å². The maximum atomic E-state index is 12.1. The van der Waals surface area contributed by atoms with Crippen LogP contribution in [0.3, 0.4) is 0 Å². The average Bonchev–Trinajstić information content (AvgIpc) is 3.08. The van der Waals surface area contributed by atoms with Gasteiger partial charge in [-0.25, -0.2) is 0 Å². The Balaban J connectivity index is 1.87. The molecule has 2 aromatic carbocycles. The molecule has 0 aliphatic carbocycles. The highest BCUT2D eigenvalue weighted by molar-refractivity contribution is 8.26. The summed E-state index contributed by atoms with van der Waals surface area (Å²) in [6.07, 6.45) is 1.96. The Labute approximate surface area is 162 Å². The number of nitrogens with zero attached hydrogens (tertiary/aromatic N) is 1. The van der Waals surface area contributed by atoms with E-state index in [0.29, 0.717) is 9.23 Å². The fraction of sp³-hybridized carbons (Fsp3) is 0.143. The predicted molar refractivity (Wildman–Crippen MR) is 113 cm³/mol. The molecule has 0 atom stereocenters. The lowest BCUT2D eigenvalue weighted by Crippen LogP contribution is -2.17. The van der Waals surface area contributed by atoms with Crippen LogP contribution in [-0.2, 0) is 11.3 Å². The quantitative estimate of drug-likeness (QED) is 0.525. The molecule has 0 saturated carbocycles. The number of benzene rings is 2. The van der Waals surface area contributed by atoms with Gasteiger partial charge in [-0.05, 0) is 37.1 Å². The zero-order valence-electron chi connectivity index (χ0n) is 14.6. The topological polar surface area (TPSA) is 34.0 Å². The Bertz CT molecular complexity index is 1080. The van der Waals surface area contributed by atoms with E-state index in [-0.39, 0.29) is 5.91 Å². The molecule has 0 radical (unpaired) electrons. The SMILES string of the molecule is Cc1ccccc1Cn1c(C)c(/C=C2\SC(=S)NC2=O)c2ccccc21. The molecule has 1 N–H and O–H groups in total. The van der Waals surface area contributed by atoms with Crippen LogP contribution in [-0.4, -0.2) is 14.8 Å². The van der Waals surface area contributed by atoms with Crippen molar-refractivity contribution in [2.24, 2.45) is 0 Å². The van der Waals surface area contributed by atoms with Crippen molar-refractivity contribution in [2.75, 3.05) is 0 Å². The number of fused-ring (bicyclic) bond motifs is 1. The lowest BCUT2D eigenvalue weighted by Gasteiger charge is -2.11. The molecule has 1 aliphatic rings. The van der Waals surface area contributed by atoms with Crippen LogP contribution in [0.2, 0.25) is 0 Å². The van der Waals surface area contributed by atoms with E-state index in [2.05, 4.69) is 66.2 Å². The molecule has 130 valence electrons. The van der Waals surface area contributed by atoms with Crippen LogP contribution < -0.4 is 5.32 Å². The summed E-state index contributed by atoms with van der Waals surface area (Å²) < 4.78 is 2.84. The van der Waals surface area contributed by atoms with Crippen molar-refractivity contribution in [3.63, 3.8) is 0 Å². The molecular weight excluding hydrogens is 360 g/mol. The number of hydrogen-bond acceptors (Lipinski definition) is 3. The molecule has 2 heterocycles. The van der Waals surface area contributed by atoms with Gasteiger partial charge in [0.25, 0.3) is 5.91 Å². The van der Waals surface area contributed by atoms with Gasteiger partial charge in [0.1, 0.15) is 4.32 Å². The molecule has 1 amide bonds. The van der Waals surface area contributed by atoms with Crippen molar-refractivity contribution in [1.29, 1.82) is 0 Å². The van der Waals surface area contributed by atoms with Crippen molar-refractivity contribution in [2.45, 2.75) is 20.4 Å². The lowest BCUT2D eigenvalue weighted by atomic mass is 10.1. The van der Waals surface area contributed by atoms with Gasteiger partial charge in [0.2, 0.25) is 0 Å². The maximum absolute atomic E-state index is 12.1. The van der Waals surface area contributed by atoms with Crippen LogP contribution in [0.5, 0.6) is 0 Å². The summed E-state index contributed by atoms with van der Waals surface area (Å²) in [4.78, 5) is 12.7. The summed E-state index contributed by atoms with van der Waals surface area (Å²) in [5.74, 6) is -0.116. The van der Waals surface area contributed by atoms with Gasteiger partial charge in [0.05, 0.1) is 4.91 Å². The highest BCUT2D eigenvalue weighted by atomic mass is 32.2. The van der Waals surface area contributed by atoms with Crippen molar-refractivity contribution in [3.8, 4) is 0 Å². The van der Waals surface area contributed by atoms with E-state index in [9.17, 15) is 4.79 Å². The Morgan fingerprint density at radius 1 is 1.12 bits per heavy atom. The smallest absolute Gasteiger partial charge is 0.263 e. The van der Waals surface area contributed by atoms with Crippen molar-refractivity contribution in [1.82, 2.24) is 9.88 Å². The fourth-order valence-electron chi connectivity index (χ4n) is 3.35. The molecule has 1 aliphatic heterocycles. The van der Waals surface area contributed by atoms with Gasteiger partial charge in [-0.2, -0.15) is 0 Å². The average molecular weight is 379 g/mol. The first-order valence-corrected chi connectivity index (χ1v) is 9.64. The summed E-state index contributed by atoms with van der Waals surface area (Å²) in [5, 5.41) is 3.84. The number of rotatable bonds is 3. The van der Waals surface area contributed by atoms with Gasteiger partial charge in [-0.3, -0.25) is 4.79 Å². The number of hydrogen-bond donors (Lipinski definition) is 1. The minimum atomic E-state index is -0.116. The molecule has 1 saturated heterocycles. The molecule has 1 aromatic heterocycles. The van der Waals surface area contributed by atoms with Crippen LogP contribution >= 0.6 is 24.0 Å². The third-order valence-electron chi connectivity index (χ3n) is 4.79. The summed E-state index contributed by atoms with van der Waals surface area (Å²) in [7, 11) is 0. The van der Waals surface area contributed by atoms with Crippen LogP contribution in [0.1, 0.15) is 22.4 Å². The normalized spacial score (nSPS) is 15.8. The van der Waals surface area contributed by atoms with Gasteiger partial charge >= 0.3 is 0 Å². The van der Waals surface area contributed by atoms with E-state index < -0.39 is 0 Å². The fourth-order valence-corrected chi connectivity index (χ4v) is 4.38. The number of amides is 1. The maximum Gasteiger partial charge on any atom is 0.263 e. The first-order valence-electron chi connectivity index (χ1n) is 8.42. The number of nitrogens with one attached hydrogen (secondary N) is 1. The van der Waals surface area contributed by atoms with Gasteiger partial charge in [0.15, 0.2) is 0 Å². The Morgan fingerprint density at radius 2 is 1.85 bits per heavy atom. The second-order valence-electron chi connectivity index (χ2n) is 6.38. The van der Waals surface area contributed by atoms with Crippen LogP contribution in [0.15, 0.2) is 53.4 Å². The molecule has 0 bridgehead atoms. The second-order valence-corrected chi connectivity index (χ2v) is 8.10. The predicted octanol–water partition coefficient (Wildman–Crippen LogP) is 4.80. The lowest BCUT2D eigenvalue weighted by molar-refractivity contribution is -0.115. The zero-order chi connectivity index (χ0) is 18.3. The number of carbonyl (C=O) groups is 1. The van der Waals surface area contributed by atoms with E-state index in [4.69, 9.17) is 12.2 Å². The van der Waals surface area contributed by atoms with E-state index in [1.54, 1.807) is 0 Å². The van der Waals surface area contributed by atoms with Crippen LogP contribution in [0.4, 0.5) is 0 Å². The van der Waals surface area contributed by atoms with Crippen molar-refractivity contribution < 1.29 is 4.79 Å². The van der Waals surface area contributed by atoms with Crippen LogP contribution in [0.25, 0.3) is 17.0 Å². The third-order valence-corrected chi connectivity index (χ3v) is 5.95. The Kier molecular flexibility index (Phi) is 4.42. The number of aryl methyl sites for hydroxylation is 1. The van der Waals surface area contributed by atoms with E-state index in [1.807, 2.05) is 12.1 Å². The number of aromatic nitrogens is 1. The molecule has 26 heavy (non-hydrogen) atoms. The molecule has 4 rings (SSSR count). The summed E-state index contributed by atoms with van der Waals surface area (Å²) in [5.41, 5.74) is 5.97.